The van der Waals surface area contributed by atoms with Crippen LogP contribution >= 0.6 is 7.60 Å². The molecule has 0 aromatic heterocycles. The Morgan fingerprint density at radius 3 is 2.25 bits per heavy atom. The molecule has 0 spiro atoms. The van der Waals surface area contributed by atoms with Crippen molar-refractivity contribution in [2.45, 2.75) is 52.5 Å². The molecule has 1 N–H and O–H groups in total. The van der Waals surface area contributed by atoms with Gasteiger partial charge in [-0.2, -0.15) is 0 Å². The molecule has 2 aromatic carbocycles. The lowest BCUT2D eigenvalue weighted by Gasteiger charge is -2.35. The van der Waals surface area contributed by atoms with Crippen LogP contribution in [0.25, 0.3) is 10.8 Å². The molecule has 6 nitrogen and oxygen atoms in total. The Morgan fingerprint density at radius 2 is 1.68 bits per heavy atom. The van der Waals surface area contributed by atoms with E-state index >= 15 is 0 Å². The van der Waals surface area contributed by atoms with Gasteiger partial charge in [-0.25, -0.2) is 4.79 Å². The van der Waals surface area contributed by atoms with Gasteiger partial charge in [-0.15, -0.1) is 0 Å². The van der Waals surface area contributed by atoms with Crippen molar-refractivity contribution in [1.82, 2.24) is 0 Å². The number of hydrogen-bond donors (Lipinski definition) is 1. The van der Waals surface area contributed by atoms with Crippen molar-refractivity contribution in [3.63, 3.8) is 0 Å². The second-order valence-corrected chi connectivity index (χ2v) is 9.36. The Hall–Kier alpha value is -2.14. The van der Waals surface area contributed by atoms with Crippen LogP contribution in [0.3, 0.4) is 0 Å². The number of ether oxygens (including phenoxy) is 1. The van der Waals surface area contributed by atoms with Crippen LogP contribution in [0.1, 0.15) is 45.8 Å². The molecular formula is C21H25O6P. The average Bonchev–Trinajstić information content (AvgIpc) is 2.58. The minimum Gasteiger partial charge on any atom is -0.512 e. The Labute approximate surface area is 164 Å². The summed E-state index contributed by atoms with van der Waals surface area (Å²) in [5, 5.41) is 11.9. The lowest BCUT2D eigenvalue weighted by Crippen LogP contribution is -2.27. The van der Waals surface area contributed by atoms with Crippen LogP contribution in [0.4, 0.5) is 0 Å². The van der Waals surface area contributed by atoms with Gasteiger partial charge in [-0.1, -0.05) is 30.3 Å². The van der Waals surface area contributed by atoms with Gasteiger partial charge in [-0.05, 0) is 51.5 Å². The second-order valence-electron chi connectivity index (χ2n) is 7.34. The highest BCUT2D eigenvalue weighted by molar-refractivity contribution is 7.54. The minimum absolute atomic E-state index is 0.103. The first-order valence-electron chi connectivity index (χ1n) is 9.24. The van der Waals surface area contributed by atoms with E-state index in [1.165, 1.54) is 6.92 Å². The number of aliphatic hydroxyl groups excluding tert-OH is 1. The van der Waals surface area contributed by atoms with Crippen molar-refractivity contribution in [3.05, 3.63) is 53.3 Å². The van der Waals surface area contributed by atoms with Gasteiger partial charge in [0.15, 0.2) is 0 Å². The molecule has 0 amide bonds. The second kappa shape index (κ2) is 7.70. The number of benzene rings is 2. The number of allylic oxidation sites excluding steroid dienone is 1. The average molecular weight is 404 g/mol. The van der Waals surface area contributed by atoms with Crippen molar-refractivity contribution in [2.24, 2.45) is 0 Å². The van der Waals surface area contributed by atoms with Crippen LogP contribution in [0.2, 0.25) is 0 Å². The summed E-state index contributed by atoms with van der Waals surface area (Å²) in [7, 11) is -3.91. The lowest BCUT2D eigenvalue weighted by molar-refractivity contribution is -0.131. The molecule has 0 aliphatic carbocycles. The van der Waals surface area contributed by atoms with Gasteiger partial charge >= 0.3 is 13.6 Å². The van der Waals surface area contributed by atoms with Gasteiger partial charge < -0.3 is 18.9 Å². The topological polar surface area (TPSA) is 82.1 Å². The molecule has 1 atom stereocenters. The molecule has 150 valence electrons. The molecule has 1 aliphatic heterocycles. The van der Waals surface area contributed by atoms with Gasteiger partial charge in [0.05, 0.1) is 17.8 Å². The summed E-state index contributed by atoms with van der Waals surface area (Å²) >= 11 is 0. The molecule has 28 heavy (non-hydrogen) atoms. The zero-order valence-electron chi connectivity index (χ0n) is 16.6. The Kier molecular flexibility index (Phi) is 5.67. The maximum atomic E-state index is 14.1. The highest BCUT2D eigenvalue weighted by Crippen LogP contribution is 2.68. The highest BCUT2D eigenvalue weighted by Gasteiger charge is 2.50. The number of carbonyl (C=O) groups excluding carboxylic acids is 1. The lowest BCUT2D eigenvalue weighted by atomic mass is 9.94. The number of aliphatic hydroxyl groups is 1. The Bertz CT molecular complexity index is 974. The van der Waals surface area contributed by atoms with E-state index in [1.807, 2.05) is 30.3 Å². The molecule has 1 unspecified atom stereocenters. The van der Waals surface area contributed by atoms with Crippen molar-refractivity contribution < 1.29 is 28.3 Å². The van der Waals surface area contributed by atoms with Gasteiger partial charge in [0.2, 0.25) is 0 Å². The molecule has 3 rings (SSSR count). The summed E-state index contributed by atoms with van der Waals surface area (Å²) in [5.41, 5.74) is -0.677. The number of carbonyl (C=O) groups is 1. The molecule has 2 aromatic rings. The third kappa shape index (κ3) is 3.72. The van der Waals surface area contributed by atoms with Gasteiger partial charge in [-0.3, -0.25) is 4.57 Å². The summed E-state index contributed by atoms with van der Waals surface area (Å²) in [5.74, 6) is -0.736. The van der Waals surface area contributed by atoms with Crippen LogP contribution in [0.5, 0.6) is 5.75 Å². The van der Waals surface area contributed by atoms with Crippen molar-refractivity contribution in [2.75, 3.05) is 0 Å². The van der Waals surface area contributed by atoms with Crippen LogP contribution < -0.4 is 4.74 Å². The number of rotatable bonds is 5. The van der Waals surface area contributed by atoms with Gasteiger partial charge in [0, 0.05) is 5.56 Å². The largest absolute Gasteiger partial charge is 0.512 e. The van der Waals surface area contributed by atoms with E-state index in [0.29, 0.717) is 11.3 Å². The first-order valence-corrected chi connectivity index (χ1v) is 10.8. The molecule has 0 saturated heterocycles. The van der Waals surface area contributed by atoms with E-state index in [9.17, 15) is 14.5 Å². The highest BCUT2D eigenvalue weighted by atomic mass is 31.2. The quantitative estimate of drug-likeness (QED) is 0.227. The van der Waals surface area contributed by atoms with Gasteiger partial charge in [0.25, 0.3) is 0 Å². The van der Waals surface area contributed by atoms with E-state index in [-0.39, 0.29) is 11.3 Å². The SMILES string of the molecule is C/C(O)=C1\C(=O)Oc2ccc3ccccc3c2C1P(=O)(OC(C)C)OC(C)C. The molecule has 0 radical (unpaired) electrons. The van der Waals surface area contributed by atoms with Crippen molar-refractivity contribution >= 4 is 24.3 Å². The first-order chi connectivity index (χ1) is 13.1. The number of hydrogen-bond acceptors (Lipinski definition) is 6. The number of esters is 1. The fraction of sp³-hybridized carbons (Fsp3) is 0.381. The van der Waals surface area contributed by atoms with Crippen molar-refractivity contribution in [3.8, 4) is 5.75 Å². The van der Waals surface area contributed by atoms with E-state index in [4.69, 9.17) is 13.8 Å². The van der Waals surface area contributed by atoms with E-state index < -0.39 is 31.4 Å². The summed E-state index contributed by atoms with van der Waals surface area (Å²) < 4.78 is 31.1. The Morgan fingerprint density at radius 1 is 1.07 bits per heavy atom. The van der Waals surface area contributed by atoms with Crippen LogP contribution in [-0.4, -0.2) is 23.3 Å². The van der Waals surface area contributed by atoms with Crippen LogP contribution in [-0.2, 0) is 18.4 Å². The summed E-state index contributed by atoms with van der Waals surface area (Å²) in [4.78, 5) is 12.7. The zero-order valence-corrected chi connectivity index (χ0v) is 17.5. The van der Waals surface area contributed by atoms with Crippen molar-refractivity contribution in [1.29, 1.82) is 0 Å². The third-order valence-corrected chi connectivity index (χ3v) is 6.90. The normalized spacial score (nSPS) is 19.1. The fourth-order valence-corrected chi connectivity index (χ4v) is 6.11. The molecule has 1 heterocycles. The predicted molar refractivity (Wildman–Crippen MR) is 108 cm³/mol. The van der Waals surface area contributed by atoms with Crippen LogP contribution in [0, 0.1) is 0 Å². The van der Waals surface area contributed by atoms with Crippen LogP contribution in [0.15, 0.2) is 47.7 Å². The van der Waals surface area contributed by atoms with E-state index in [1.54, 1.807) is 33.8 Å². The van der Waals surface area contributed by atoms with Gasteiger partial charge in [0.1, 0.15) is 17.2 Å². The zero-order chi connectivity index (χ0) is 20.6. The smallest absolute Gasteiger partial charge is 0.344 e. The summed E-state index contributed by atoms with van der Waals surface area (Å²) in [6.07, 6.45) is -0.831. The maximum absolute atomic E-state index is 14.1. The van der Waals surface area contributed by atoms with E-state index in [2.05, 4.69) is 0 Å². The maximum Gasteiger partial charge on any atom is 0.344 e. The number of fused-ring (bicyclic) bond motifs is 3. The summed E-state index contributed by atoms with van der Waals surface area (Å²) in [6, 6.07) is 11.0. The molecule has 0 saturated carbocycles. The standard InChI is InChI=1S/C21H25O6P/c1-12(2)26-28(24,27-13(3)4)20-18(14(5)22)21(23)25-17-11-10-15-8-6-7-9-16(15)19(17)20/h6-13,20,22H,1-5H3/b18-14+. The minimum atomic E-state index is -3.91. The third-order valence-electron chi connectivity index (χ3n) is 4.32. The summed E-state index contributed by atoms with van der Waals surface area (Å²) in [6.45, 7) is 8.36. The molecule has 0 fully saturated rings. The monoisotopic (exact) mass is 404 g/mol. The molecule has 0 bridgehead atoms. The molecular weight excluding hydrogens is 379 g/mol. The Balaban J connectivity index is 2.38. The molecule has 1 aliphatic rings. The first kappa shape index (κ1) is 20.6. The fourth-order valence-electron chi connectivity index (χ4n) is 3.45. The molecule has 7 heteroatoms. The van der Waals surface area contributed by atoms with E-state index in [0.717, 1.165) is 10.8 Å². The predicted octanol–water partition coefficient (Wildman–Crippen LogP) is 5.68.